The Hall–Kier alpha value is -1.21. The van der Waals surface area contributed by atoms with E-state index in [9.17, 15) is 4.79 Å². The summed E-state index contributed by atoms with van der Waals surface area (Å²) in [5.41, 5.74) is 0. The highest BCUT2D eigenvalue weighted by Gasteiger charge is 2.20. The van der Waals surface area contributed by atoms with Crippen LogP contribution in [0.5, 0.6) is 0 Å². The summed E-state index contributed by atoms with van der Waals surface area (Å²) in [6.45, 7) is 6.26. The summed E-state index contributed by atoms with van der Waals surface area (Å²) < 4.78 is 4.23. The first-order chi connectivity index (χ1) is 9.70. The third-order valence-electron chi connectivity index (χ3n) is 3.45. The monoisotopic (exact) mass is 297 g/mol. The van der Waals surface area contributed by atoms with Gasteiger partial charge in [0, 0.05) is 44.1 Å². The Morgan fingerprint density at radius 2 is 2.20 bits per heavy atom. The van der Waals surface area contributed by atoms with Crippen molar-refractivity contribution in [2.45, 2.75) is 26.2 Å². The first-order valence-corrected chi connectivity index (χ1v) is 7.95. The summed E-state index contributed by atoms with van der Waals surface area (Å²) in [5, 5.41) is 4.06. The minimum absolute atomic E-state index is 0.274. The molecule has 6 nitrogen and oxygen atoms in total. The first kappa shape index (κ1) is 15.2. The van der Waals surface area contributed by atoms with Gasteiger partial charge in [-0.25, -0.2) is 4.98 Å². The number of carbonyl (C=O) groups is 1. The third-order valence-corrected chi connectivity index (χ3v) is 4.32. The summed E-state index contributed by atoms with van der Waals surface area (Å²) in [6.07, 6.45) is 2.54. The van der Waals surface area contributed by atoms with Gasteiger partial charge in [-0.1, -0.05) is 0 Å². The summed E-state index contributed by atoms with van der Waals surface area (Å²) >= 11 is 1.44. The molecule has 0 aliphatic carbocycles. The van der Waals surface area contributed by atoms with E-state index in [4.69, 9.17) is 0 Å². The molecular weight excluding hydrogens is 274 g/mol. The molecule has 2 rings (SSSR count). The largest absolute Gasteiger partial charge is 0.345 e. The van der Waals surface area contributed by atoms with E-state index >= 15 is 0 Å². The van der Waals surface area contributed by atoms with Crippen molar-refractivity contribution in [2.24, 2.45) is 0 Å². The van der Waals surface area contributed by atoms with Crippen molar-refractivity contribution >= 4 is 22.6 Å². The Balaban J connectivity index is 1.84. The van der Waals surface area contributed by atoms with E-state index in [1.54, 1.807) is 0 Å². The van der Waals surface area contributed by atoms with Gasteiger partial charge in [0.05, 0.1) is 0 Å². The maximum Gasteiger partial charge on any atom is 0.222 e. The second-order valence-electron chi connectivity index (χ2n) is 5.05. The van der Waals surface area contributed by atoms with Crippen LogP contribution in [-0.2, 0) is 4.79 Å². The van der Waals surface area contributed by atoms with Gasteiger partial charge in [0.15, 0.2) is 0 Å². The van der Waals surface area contributed by atoms with E-state index in [1.807, 2.05) is 18.9 Å². The molecule has 7 heteroatoms. The molecule has 1 aromatic heterocycles. The van der Waals surface area contributed by atoms with Gasteiger partial charge in [0.2, 0.25) is 11.0 Å². The van der Waals surface area contributed by atoms with Crippen molar-refractivity contribution in [1.29, 1.82) is 0 Å². The van der Waals surface area contributed by atoms with E-state index < -0.39 is 0 Å². The highest BCUT2D eigenvalue weighted by Crippen LogP contribution is 2.19. The standard InChI is InChI=1S/C13H23N5OS/c1-11-15-13(20-16-11)18-8-4-7-17(9-10-18)12(19)5-3-6-14-2/h14H,3-10H2,1-2H3. The van der Waals surface area contributed by atoms with E-state index in [0.29, 0.717) is 6.42 Å². The van der Waals surface area contributed by atoms with Crippen LogP contribution in [0, 0.1) is 6.92 Å². The molecule has 1 aliphatic heterocycles. The molecule has 1 saturated heterocycles. The van der Waals surface area contributed by atoms with Crippen molar-refractivity contribution in [1.82, 2.24) is 19.6 Å². The lowest BCUT2D eigenvalue weighted by molar-refractivity contribution is -0.131. The molecule has 0 atom stereocenters. The van der Waals surface area contributed by atoms with Crippen LogP contribution >= 0.6 is 11.5 Å². The number of hydrogen-bond donors (Lipinski definition) is 1. The van der Waals surface area contributed by atoms with Gasteiger partial charge in [-0.3, -0.25) is 4.79 Å². The second kappa shape index (κ2) is 7.54. The fourth-order valence-electron chi connectivity index (χ4n) is 2.35. The lowest BCUT2D eigenvalue weighted by Crippen LogP contribution is -2.35. The molecule has 0 spiro atoms. The second-order valence-corrected chi connectivity index (χ2v) is 5.78. The van der Waals surface area contributed by atoms with Gasteiger partial charge in [0.1, 0.15) is 5.82 Å². The van der Waals surface area contributed by atoms with Crippen LogP contribution in [0.15, 0.2) is 0 Å². The van der Waals surface area contributed by atoms with Crippen molar-refractivity contribution < 1.29 is 4.79 Å². The molecule has 1 N–H and O–H groups in total. The molecule has 1 aromatic rings. The number of nitrogens with zero attached hydrogens (tertiary/aromatic N) is 4. The van der Waals surface area contributed by atoms with E-state index in [-0.39, 0.29) is 5.91 Å². The van der Waals surface area contributed by atoms with Gasteiger partial charge >= 0.3 is 0 Å². The molecule has 0 unspecified atom stereocenters. The SMILES string of the molecule is CNCCCC(=O)N1CCCN(c2nc(C)ns2)CC1. The smallest absolute Gasteiger partial charge is 0.222 e. The van der Waals surface area contributed by atoms with E-state index in [1.165, 1.54) is 11.5 Å². The minimum atomic E-state index is 0.274. The lowest BCUT2D eigenvalue weighted by Gasteiger charge is -2.21. The van der Waals surface area contributed by atoms with Crippen LogP contribution in [0.25, 0.3) is 0 Å². The van der Waals surface area contributed by atoms with E-state index in [0.717, 1.165) is 56.5 Å². The summed E-state index contributed by atoms with van der Waals surface area (Å²) in [6, 6.07) is 0. The fourth-order valence-corrected chi connectivity index (χ4v) is 3.07. The maximum atomic E-state index is 12.1. The Morgan fingerprint density at radius 1 is 1.35 bits per heavy atom. The quantitative estimate of drug-likeness (QED) is 0.818. The zero-order valence-electron chi connectivity index (χ0n) is 12.3. The van der Waals surface area contributed by atoms with Crippen LogP contribution in [0.1, 0.15) is 25.1 Å². The van der Waals surface area contributed by atoms with Crippen LogP contribution in [0.2, 0.25) is 0 Å². The average Bonchev–Trinajstić information content (AvgIpc) is 2.73. The van der Waals surface area contributed by atoms with Crippen LogP contribution < -0.4 is 10.2 Å². The van der Waals surface area contributed by atoms with Crippen molar-refractivity contribution in [3.63, 3.8) is 0 Å². The average molecular weight is 297 g/mol. The van der Waals surface area contributed by atoms with Gasteiger partial charge in [0.25, 0.3) is 0 Å². The number of hydrogen-bond acceptors (Lipinski definition) is 6. The number of anilines is 1. The number of amides is 1. The van der Waals surface area contributed by atoms with Crippen molar-refractivity contribution in [3.8, 4) is 0 Å². The van der Waals surface area contributed by atoms with Gasteiger partial charge in [-0.15, -0.1) is 0 Å². The van der Waals surface area contributed by atoms with E-state index in [2.05, 4.69) is 19.6 Å². The van der Waals surface area contributed by atoms with Crippen LogP contribution in [0.4, 0.5) is 5.13 Å². The molecule has 20 heavy (non-hydrogen) atoms. The molecule has 1 amide bonds. The highest BCUT2D eigenvalue weighted by atomic mass is 32.1. The molecule has 1 aliphatic rings. The molecule has 0 saturated carbocycles. The van der Waals surface area contributed by atoms with Crippen LogP contribution in [-0.4, -0.2) is 59.9 Å². The van der Waals surface area contributed by atoms with Gasteiger partial charge in [-0.2, -0.15) is 4.37 Å². The number of rotatable bonds is 5. The summed E-state index contributed by atoms with van der Waals surface area (Å²) in [4.78, 5) is 20.8. The molecule has 112 valence electrons. The number of carbonyl (C=O) groups excluding carboxylic acids is 1. The zero-order chi connectivity index (χ0) is 14.4. The third kappa shape index (κ3) is 4.14. The number of aryl methyl sites for hydroxylation is 1. The molecule has 0 bridgehead atoms. The number of aromatic nitrogens is 2. The molecule has 2 heterocycles. The lowest BCUT2D eigenvalue weighted by atomic mass is 10.2. The van der Waals surface area contributed by atoms with Gasteiger partial charge < -0.3 is 15.1 Å². The Bertz CT molecular complexity index is 436. The molecule has 0 radical (unpaired) electrons. The van der Waals surface area contributed by atoms with Crippen molar-refractivity contribution in [3.05, 3.63) is 5.82 Å². The predicted octanol–water partition coefficient (Wildman–Crippen LogP) is 0.885. The summed E-state index contributed by atoms with van der Waals surface area (Å²) in [7, 11) is 1.92. The Morgan fingerprint density at radius 3 is 2.90 bits per heavy atom. The molecule has 0 aromatic carbocycles. The topological polar surface area (TPSA) is 61.4 Å². The fraction of sp³-hybridized carbons (Fsp3) is 0.769. The molecule has 1 fully saturated rings. The van der Waals surface area contributed by atoms with Gasteiger partial charge in [-0.05, 0) is 33.4 Å². The maximum absolute atomic E-state index is 12.1. The zero-order valence-corrected chi connectivity index (χ0v) is 13.1. The predicted molar refractivity (Wildman–Crippen MR) is 81.2 cm³/mol. The van der Waals surface area contributed by atoms with Crippen LogP contribution in [0.3, 0.4) is 0 Å². The minimum Gasteiger partial charge on any atom is -0.345 e. The highest BCUT2D eigenvalue weighted by molar-refractivity contribution is 7.09. The normalized spacial score (nSPS) is 16.3. The number of nitrogens with one attached hydrogen (secondary N) is 1. The Labute approximate surface area is 124 Å². The summed E-state index contributed by atoms with van der Waals surface area (Å²) in [5.74, 6) is 1.10. The molecular formula is C13H23N5OS. The first-order valence-electron chi connectivity index (χ1n) is 7.18. The Kier molecular flexibility index (Phi) is 5.72. The van der Waals surface area contributed by atoms with Crippen molar-refractivity contribution in [2.75, 3.05) is 44.7 Å².